The van der Waals surface area contributed by atoms with Crippen molar-refractivity contribution in [2.45, 2.75) is 13.5 Å². The molecule has 0 saturated heterocycles. The Morgan fingerprint density at radius 1 is 1.13 bits per heavy atom. The Morgan fingerprint density at radius 2 is 1.77 bits per heavy atom. The lowest BCUT2D eigenvalue weighted by Gasteiger charge is -2.11. The first-order valence-electron chi connectivity index (χ1n) is 9.46. The normalized spacial score (nSPS) is 10.6. The number of nitrogens with one attached hydrogen (secondary N) is 1. The first-order chi connectivity index (χ1) is 14.7. The van der Waals surface area contributed by atoms with Crippen LogP contribution in [0.5, 0.6) is 5.75 Å². The Balaban J connectivity index is 1.67. The van der Waals surface area contributed by atoms with Crippen LogP contribution < -0.4 is 10.1 Å². The van der Waals surface area contributed by atoms with E-state index < -0.39 is 5.91 Å². The van der Waals surface area contributed by atoms with Crippen LogP contribution >= 0.6 is 11.6 Å². The highest BCUT2D eigenvalue weighted by Gasteiger charge is 2.20. The van der Waals surface area contributed by atoms with Crippen molar-refractivity contribution in [1.29, 1.82) is 0 Å². The summed E-state index contributed by atoms with van der Waals surface area (Å²) in [7, 11) is 3.30. The van der Waals surface area contributed by atoms with Gasteiger partial charge < -0.3 is 15.0 Å². The van der Waals surface area contributed by atoms with Gasteiger partial charge in [0, 0.05) is 19.8 Å². The monoisotopic (exact) mass is 444 g/mol. The molecule has 2 aromatic carbocycles. The SMILES string of the molecule is Cc1nn(Cc2ccc(F)cc2)c(Cl)c1C(=O)Nc1ccc(OCC(=O)N(C)C)cc1. The number of anilines is 1. The van der Waals surface area contributed by atoms with Gasteiger partial charge in [-0.25, -0.2) is 9.07 Å². The first kappa shape index (κ1) is 22.3. The van der Waals surface area contributed by atoms with Gasteiger partial charge in [-0.05, 0) is 48.9 Å². The van der Waals surface area contributed by atoms with Crippen LogP contribution in [0.4, 0.5) is 10.1 Å². The number of rotatable bonds is 7. The maximum atomic E-state index is 13.1. The van der Waals surface area contributed by atoms with E-state index in [0.29, 0.717) is 23.7 Å². The molecular weight excluding hydrogens is 423 g/mol. The number of aryl methyl sites for hydroxylation is 1. The molecule has 1 heterocycles. The Bertz CT molecular complexity index is 1080. The van der Waals surface area contributed by atoms with Gasteiger partial charge in [-0.3, -0.25) is 9.59 Å². The van der Waals surface area contributed by atoms with Gasteiger partial charge in [-0.15, -0.1) is 0 Å². The fourth-order valence-electron chi connectivity index (χ4n) is 2.78. The number of benzene rings is 2. The fraction of sp³-hybridized carbons (Fsp3) is 0.227. The minimum atomic E-state index is -0.399. The number of hydrogen-bond donors (Lipinski definition) is 1. The highest BCUT2D eigenvalue weighted by atomic mass is 35.5. The summed E-state index contributed by atoms with van der Waals surface area (Å²) in [5, 5.41) is 7.31. The van der Waals surface area contributed by atoms with Crippen LogP contribution in [-0.4, -0.2) is 47.2 Å². The van der Waals surface area contributed by atoms with Crippen LogP contribution in [0.15, 0.2) is 48.5 Å². The fourth-order valence-corrected chi connectivity index (χ4v) is 3.10. The number of likely N-dealkylation sites (N-methyl/N-ethyl adjacent to an activating group) is 1. The Labute approximate surface area is 184 Å². The maximum absolute atomic E-state index is 13.1. The molecule has 0 aliphatic carbocycles. The van der Waals surface area contributed by atoms with Gasteiger partial charge in [0.2, 0.25) is 0 Å². The molecule has 7 nitrogen and oxygen atoms in total. The predicted octanol–water partition coefficient (Wildman–Crippen LogP) is 3.75. The zero-order valence-corrected chi connectivity index (χ0v) is 18.1. The van der Waals surface area contributed by atoms with Crippen molar-refractivity contribution in [2.75, 3.05) is 26.0 Å². The molecule has 31 heavy (non-hydrogen) atoms. The summed E-state index contributed by atoms with van der Waals surface area (Å²) in [6.07, 6.45) is 0. The number of ether oxygens (including phenoxy) is 1. The van der Waals surface area contributed by atoms with E-state index in [2.05, 4.69) is 10.4 Å². The molecule has 1 N–H and O–H groups in total. The zero-order chi connectivity index (χ0) is 22.5. The topological polar surface area (TPSA) is 76.5 Å². The van der Waals surface area contributed by atoms with Gasteiger partial charge in [-0.1, -0.05) is 23.7 Å². The van der Waals surface area contributed by atoms with Gasteiger partial charge in [0.1, 0.15) is 16.7 Å². The molecule has 0 fully saturated rings. The highest BCUT2D eigenvalue weighted by Crippen LogP contribution is 2.23. The van der Waals surface area contributed by atoms with Crippen LogP contribution in [-0.2, 0) is 11.3 Å². The lowest BCUT2D eigenvalue weighted by Crippen LogP contribution is -2.27. The van der Waals surface area contributed by atoms with E-state index in [4.69, 9.17) is 16.3 Å². The molecule has 0 bridgehead atoms. The minimum Gasteiger partial charge on any atom is -0.484 e. The molecule has 0 unspecified atom stereocenters. The third-order valence-corrected chi connectivity index (χ3v) is 4.90. The number of aromatic nitrogens is 2. The summed E-state index contributed by atoms with van der Waals surface area (Å²) in [5.74, 6) is -0.369. The van der Waals surface area contributed by atoms with Crippen molar-refractivity contribution in [2.24, 2.45) is 0 Å². The van der Waals surface area contributed by atoms with Gasteiger partial charge >= 0.3 is 0 Å². The average molecular weight is 445 g/mol. The van der Waals surface area contributed by atoms with Gasteiger partial charge in [0.05, 0.1) is 17.8 Å². The van der Waals surface area contributed by atoms with Crippen molar-refractivity contribution in [3.05, 3.63) is 76.3 Å². The molecule has 162 valence electrons. The van der Waals surface area contributed by atoms with E-state index in [1.54, 1.807) is 57.4 Å². The summed E-state index contributed by atoms with van der Waals surface area (Å²) < 4.78 is 20.0. The summed E-state index contributed by atoms with van der Waals surface area (Å²) in [5.41, 5.74) is 2.09. The molecule has 0 saturated carbocycles. The van der Waals surface area contributed by atoms with E-state index in [-0.39, 0.29) is 29.0 Å². The van der Waals surface area contributed by atoms with Crippen LogP contribution in [0.1, 0.15) is 21.6 Å². The second kappa shape index (κ2) is 9.61. The number of carbonyl (C=O) groups excluding carboxylic acids is 2. The molecule has 0 radical (unpaired) electrons. The lowest BCUT2D eigenvalue weighted by atomic mass is 10.2. The van der Waals surface area contributed by atoms with Gasteiger partial charge in [0.25, 0.3) is 11.8 Å². The van der Waals surface area contributed by atoms with E-state index in [0.717, 1.165) is 5.56 Å². The van der Waals surface area contributed by atoms with Crippen molar-refractivity contribution >= 4 is 29.1 Å². The molecule has 0 aliphatic heterocycles. The van der Waals surface area contributed by atoms with Crippen LogP contribution in [0.2, 0.25) is 5.15 Å². The number of nitrogens with zero attached hydrogens (tertiary/aromatic N) is 3. The van der Waals surface area contributed by atoms with Crippen LogP contribution in [0, 0.1) is 12.7 Å². The maximum Gasteiger partial charge on any atom is 0.260 e. The van der Waals surface area contributed by atoms with Crippen LogP contribution in [0.25, 0.3) is 0 Å². The van der Waals surface area contributed by atoms with E-state index in [1.807, 2.05) is 0 Å². The largest absolute Gasteiger partial charge is 0.484 e. The summed E-state index contributed by atoms with van der Waals surface area (Å²) in [6.45, 7) is 1.94. The quantitative estimate of drug-likeness (QED) is 0.602. The third kappa shape index (κ3) is 5.61. The predicted molar refractivity (Wildman–Crippen MR) is 116 cm³/mol. The smallest absolute Gasteiger partial charge is 0.260 e. The molecule has 3 aromatic rings. The summed E-state index contributed by atoms with van der Waals surface area (Å²) >= 11 is 6.40. The van der Waals surface area contributed by atoms with Crippen molar-refractivity contribution in [1.82, 2.24) is 14.7 Å². The van der Waals surface area contributed by atoms with Crippen molar-refractivity contribution in [3.63, 3.8) is 0 Å². The molecule has 0 spiro atoms. The lowest BCUT2D eigenvalue weighted by molar-refractivity contribution is -0.130. The van der Waals surface area contributed by atoms with E-state index >= 15 is 0 Å². The summed E-state index contributed by atoms with van der Waals surface area (Å²) in [4.78, 5) is 25.8. The molecular formula is C22H22ClFN4O3. The Morgan fingerprint density at radius 3 is 2.39 bits per heavy atom. The first-order valence-corrected chi connectivity index (χ1v) is 9.84. The van der Waals surface area contributed by atoms with Gasteiger partial charge in [-0.2, -0.15) is 5.10 Å². The molecule has 0 aliphatic rings. The number of hydrogen-bond acceptors (Lipinski definition) is 4. The molecule has 9 heteroatoms. The van der Waals surface area contributed by atoms with Crippen molar-refractivity contribution in [3.8, 4) is 5.75 Å². The zero-order valence-electron chi connectivity index (χ0n) is 17.4. The molecule has 3 rings (SSSR count). The third-order valence-electron chi connectivity index (χ3n) is 4.51. The number of carbonyl (C=O) groups is 2. The second-order valence-electron chi connectivity index (χ2n) is 7.09. The Kier molecular flexibility index (Phi) is 6.91. The standard InChI is InChI=1S/C22H22ClFN4O3/c1-14-20(21(23)28(26-14)12-15-4-6-16(24)7-5-15)22(30)25-17-8-10-18(11-9-17)31-13-19(29)27(2)3/h4-11H,12-13H2,1-3H3,(H,25,30). The Hall–Kier alpha value is -3.39. The van der Waals surface area contributed by atoms with E-state index in [9.17, 15) is 14.0 Å². The van der Waals surface area contributed by atoms with E-state index in [1.165, 1.54) is 21.7 Å². The van der Waals surface area contributed by atoms with Crippen molar-refractivity contribution < 1.29 is 18.7 Å². The minimum absolute atomic E-state index is 0.0687. The highest BCUT2D eigenvalue weighted by molar-refractivity contribution is 6.33. The summed E-state index contributed by atoms with van der Waals surface area (Å²) in [6, 6.07) is 12.6. The molecule has 2 amide bonds. The second-order valence-corrected chi connectivity index (χ2v) is 7.45. The molecule has 1 aromatic heterocycles. The van der Waals surface area contributed by atoms with Gasteiger partial charge in [0.15, 0.2) is 6.61 Å². The number of amides is 2. The molecule has 0 atom stereocenters. The van der Waals surface area contributed by atoms with Crippen LogP contribution in [0.3, 0.4) is 0 Å². The number of halogens is 2. The average Bonchev–Trinajstić information content (AvgIpc) is 3.01.